The normalized spacial score (nSPS) is 12.0. The molecule has 0 aliphatic carbocycles. The molecular formula is C17H10ClF2N3O2S. The number of nitrogens with zero attached hydrogens (tertiary/aromatic N) is 1. The maximum atomic E-state index is 13.9. The Hall–Kier alpha value is -2.71. The molecule has 0 radical (unpaired) electrons. The molecule has 132 valence electrons. The van der Waals surface area contributed by atoms with Crippen molar-refractivity contribution in [2.75, 3.05) is 4.72 Å². The molecule has 0 fully saturated rings. The molecule has 5 nitrogen and oxygen atoms in total. The zero-order valence-corrected chi connectivity index (χ0v) is 14.5. The van der Waals surface area contributed by atoms with Gasteiger partial charge in [0.05, 0.1) is 10.5 Å². The minimum atomic E-state index is -4.21. The highest BCUT2D eigenvalue weighted by Gasteiger charge is 2.23. The van der Waals surface area contributed by atoms with E-state index in [1.165, 1.54) is 6.20 Å². The van der Waals surface area contributed by atoms with E-state index in [9.17, 15) is 17.2 Å². The number of anilines is 1. The van der Waals surface area contributed by atoms with E-state index in [0.29, 0.717) is 17.0 Å². The number of hydrogen-bond donors (Lipinski definition) is 2. The topological polar surface area (TPSA) is 74.8 Å². The molecule has 2 aromatic heterocycles. The zero-order chi connectivity index (χ0) is 18.5. The number of pyridine rings is 1. The third-order valence-corrected chi connectivity index (χ3v) is 5.59. The molecule has 0 saturated carbocycles. The van der Waals surface area contributed by atoms with Crippen LogP contribution in [0.5, 0.6) is 0 Å². The summed E-state index contributed by atoms with van der Waals surface area (Å²) in [5.74, 6) is -3.01. The van der Waals surface area contributed by atoms with Gasteiger partial charge < -0.3 is 4.98 Å². The molecule has 0 spiro atoms. The van der Waals surface area contributed by atoms with Crippen molar-refractivity contribution in [2.24, 2.45) is 0 Å². The van der Waals surface area contributed by atoms with Crippen LogP contribution in [-0.4, -0.2) is 18.4 Å². The fourth-order valence-electron chi connectivity index (χ4n) is 2.77. The van der Waals surface area contributed by atoms with Crippen molar-refractivity contribution >= 4 is 49.1 Å². The van der Waals surface area contributed by atoms with Crippen molar-refractivity contribution < 1.29 is 17.2 Å². The first kappa shape index (κ1) is 16.7. The Labute approximate surface area is 151 Å². The van der Waals surface area contributed by atoms with E-state index in [4.69, 9.17) is 11.6 Å². The molecule has 26 heavy (non-hydrogen) atoms. The Bertz CT molecular complexity index is 1270. The Balaban J connectivity index is 1.84. The number of halogens is 3. The van der Waals surface area contributed by atoms with Crippen molar-refractivity contribution in [2.45, 2.75) is 4.90 Å². The summed E-state index contributed by atoms with van der Waals surface area (Å²) >= 11 is 5.43. The predicted octanol–water partition coefficient (Wildman–Crippen LogP) is 4.45. The van der Waals surface area contributed by atoms with Crippen LogP contribution in [0.15, 0.2) is 53.6 Å². The Morgan fingerprint density at radius 3 is 2.65 bits per heavy atom. The lowest BCUT2D eigenvalue weighted by molar-refractivity contribution is 0.564. The van der Waals surface area contributed by atoms with Gasteiger partial charge in [-0.3, -0.25) is 4.72 Å². The Kier molecular flexibility index (Phi) is 3.82. The average Bonchev–Trinajstić information content (AvgIpc) is 3.05. The molecule has 9 heteroatoms. The number of benzene rings is 2. The summed E-state index contributed by atoms with van der Waals surface area (Å²) in [6.45, 7) is 0. The summed E-state index contributed by atoms with van der Waals surface area (Å²) in [6.07, 6.45) is 1.30. The molecule has 0 unspecified atom stereocenters. The average molecular weight is 394 g/mol. The highest BCUT2D eigenvalue weighted by molar-refractivity contribution is 7.93. The van der Waals surface area contributed by atoms with E-state index in [1.54, 1.807) is 12.1 Å². The molecule has 4 rings (SSSR count). The quantitative estimate of drug-likeness (QED) is 0.505. The summed E-state index contributed by atoms with van der Waals surface area (Å²) in [4.78, 5) is 6.05. The number of aromatic nitrogens is 2. The Morgan fingerprint density at radius 2 is 1.85 bits per heavy atom. The second-order valence-electron chi connectivity index (χ2n) is 5.56. The third-order valence-electron chi connectivity index (χ3n) is 3.95. The van der Waals surface area contributed by atoms with Crippen LogP contribution in [0.25, 0.3) is 21.7 Å². The molecule has 0 bridgehead atoms. The number of aromatic amines is 1. The van der Waals surface area contributed by atoms with Gasteiger partial charge in [0.15, 0.2) is 11.6 Å². The molecule has 0 saturated heterocycles. The fourth-order valence-corrected chi connectivity index (χ4v) is 4.09. The fraction of sp³-hybridized carbons (Fsp3) is 0. The van der Waals surface area contributed by atoms with Crippen LogP contribution in [0.1, 0.15) is 0 Å². The molecular weight excluding hydrogens is 384 g/mol. The molecule has 2 heterocycles. The maximum Gasteiger partial charge on any atom is 0.265 e. The molecule has 0 atom stereocenters. The van der Waals surface area contributed by atoms with Gasteiger partial charge in [0, 0.05) is 23.0 Å². The van der Waals surface area contributed by atoms with Crippen LogP contribution < -0.4 is 4.72 Å². The van der Waals surface area contributed by atoms with Gasteiger partial charge >= 0.3 is 0 Å². The molecule has 2 aromatic carbocycles. The van der Waals surface area contributed by atoms with E-state index in [-0.39, 0.29) is 4.90 Å². The second-order valence-corrected chi connectivity index (χ2v) is 7.62. The minimum absolute atomic E-state index is 0.102. The first-order valence-corrected chi connectivity index (χ1v) is 9.26. The highest BCUT2D eigenvalue weighted by atomic mass is 35.5. The van der Waals surface area contributed by atoms with Gasteiger partial charge in [-0.25, -0.2) is 12.8 Å². The van der Waals surface area contributed by atoms with Gasteiger partial charge in [0.25, 0.3) is 10.0 Å². The van der Waals surface area contributed by atoms with E-state index in [2.05, 4.69) is 9.97 Å². The van der Waals surface area contributed by atoms with Crippen LogP contribution in [0.3, 0.4) is 0 Å². The molecule has 0 aliphatic rings. The first-order valence-electron chi connectivity index (χ1n) is 7.40. The number of H-pyrrole nitrogens is 1. The van der Waals surface area contributed by atoms with E-state index >= 15 is 0 Å². The maximum absolute atomic E-state index is 13.9. The van der Waals surface area contributed by atoms with Crippen LogP contribution in [0.2, 0.25) is 5.02 Å². The first-order chi connectivity index (χ1) is 12.4. The van der Waals surface area contributed by atoms with Gasteiger partial charge in [-0.15, -0.1) is 0 Å². The molecule has 0 aliphatic heterocycles. The van der Waals surface area contributed by atoms with E-state index in [0.717, 1.165) is 10.8 Å². The predicted molar refractivity (Wildman–Crippen MR) is 95.8 cm³/mol. The lowest BCUT2D eigenvalue weighted by Gasteiger charge is -2.08. The van der Waals surface area contributed by atoms with Crippen LogP contribution >= 0.6 is 11.6 Å². The number of nitrogens with one attached hydrogen (secondary N) is 2. The van der Waals surface area contributed by atoms with Crippen molar-refractivity contribution in [1.82, 2.24) is 9.97 Å². The number of fused-ring (bicyclic) bond motifs is 3. The van der Waals surface area contributed by atoms with Gasteiger partial charge in [-0.1, -0.05) is 48.0 Å². The molecule has 0 amide bonds. The highest BCUT2D eigenvalue weighted by Crippen LogP contribution is 2.30. The number of sulfonamides is 1. The van der Waals surface area contributed by atoms with Crippen LogP contribution in [0, 0.1) is 11.8 Å². The number of rotatable bonds is 3. The van der Waals surface area contributed by atoms with Crippen molar-refractivity contribution in [1.29, 1.82) is 0 Å². The monoisotopic (exact) mass is 393 g/mol. The SMILES string of the molecule is O=S(=O)(Nc1nc(F)c(Cl)cc1F)c1c[nH]c2c1ccc1ccccc12. The molecule has 2 N–H and O–H groups in total. The Morgan fingerprint density at radius 1 is 1.08 bits per heavy atom. The van der Waals surface area contributed by atoms with Crippen LogP contribution in [0.4, 0.5) is 14.6 Å². The van der Waals surface area contributed by atoms with Crippen molar-refractivity contribution in [3.8, 4) is 0 Å². The smallest absolute Gasteiger partial charge is 0.265 e. The van der Waals surface area contributed by atoms with E-state index < -0.39 is 32.6 Å². The van der Waals surface area contributed by atoms with Crippen molar-refractivity contribution in [3.05, 3.63) is 65.4 Å². The minimum Gasteiger partial charge on any atom is -0.359 e. The lowest BCUT2D eigenvalue weighted by Crippen LogP contribution is -2.15. The largest absolute Gasteiger partial charge is 0.359 e. The van der Waals surface area contributed by atoms with Crippen molar-refractivity contribution in [3.63, 3.8) is 0 Å². The van der Waals surface area contributed by atoms with E-state index in [1.807, 2.05) is 29.0 Å². The summed E-state index contributed by atoms with van der Waals surface area (Å²) in [5, 5.41) is 1.66. The summed E-state index contributed by atoms with van der Waals surface area (Å²) < 4.78 is 54.6. The van der Waals surface area contributed by atoms with Gasteiger partial charge in [0.2, 0.25) is 5.95 Å². The molecule has 4 aromatic rings. The third kappa shape index (κ3) is 2.67. The standard InChI is InChI=1S/C17H10ClF2N3O2S/c18-12-7-13(19)17(22-16(12)20)23-26(24,25)14-8-21-15-10-4-2-1-3-9(10)5-6-11(14)15/h1-8,21H,(H,22,23). The lowest BCUT2D eigenvalue weighted by atomic mass is 10.1. The summed E-state index contributed by atoms with van der Waals surface area (Å²) in [6, 6.07) is 11.6. The number of hydrogen-bond acceptors (Lipinski definition) is 3. The zero-order valence-electron chi connectivity index (χ0n) is 12.9. The van der Waals surface area contributed by atoms with Gasteiger partial charge in [-0.2, -0.15) is 9.37 Å². The van der Waals surface area contributed by atoms with Gasteiger partial charge in [-0.05, 0) is 5.39 Å². The second kappa shape index (κ2) is 5.93. The van der Waals surface area contributed by atoms with Crippen LogP contribution in [-0.2, 0) is 10.0 Å². The summed E-state index contributed by atoms with van der Waals surface area (Å²) in [7, 11) is -4.21. The summed E-state index contributed by atoms with van der Waals surface area (Å²) in [5.41, 5.74) is 0.624. The van der Waals surface area contributed by atoms with Gasteiger partial charge in [0.1, 0.15) is 4.90 Å².